The molecular formula is C39H60N4O9. The van der Waals surface area contributed by atoms with Gasteiger partial charge >= 0.3 is 0 Å². The molecule has 2 rings (SSSR count). The van der Waals surface area contributed by atoms with E-state index in [2.05, 4.69) is 17.2 Å². The van der Waals surface area contributed by atoms with E-state index in [9.17, 15) is 24.3 Å². The van der Waals surface area contributed by atoms with Gasteiger partial charge in [-0.2, -0.15) is 0 Å². The number of unbranched alkanes of at least 4 members (excludes halogenated alkanes) is 3. The third-order valence-electron chi connectivity index (χ3n) is 8.31. The molecule has 1 saturated heterocycles. The van der Waals surface area contributed by atoms with Crippen molar-refractivity contribution in [2.24, 2.45) is 11.1 Å². The van der Waals surface area contributed by atoms with Crippen LogP contribution >= 0.6 is 0 Å². The molecule has 1 aromatic carbocycles. The Balaban J connectivity index is 1.47. The molecule has 1 heterocycles. The van der Waals surface area contributed by atoms with Gasteiger partial charge in [0.05, 0.1) is 45.7 Å². The van der Waals surface area contributed by atoms with Crippen molar-refractivity contribution in [2.45, 2.75) is 91.0 Å². The summed E-state index contributed by atoms with van der Waals surface area (Å²) in [5.74, 6) is -0.842. The second-order valence-corrected chi connectivity index (χ2v) is 13.7. The number of carbonyl (C=O) groups excluding carboxylic acids is 4. The number of hydrogen-bond donors (Lipinski definition) is 4. The van der Waals surface area contributed by atoms with Crippen molar-refractivity contribution in [1.29, 1.82) is 0 Å². The molecule has 0 aliphatic carbocycles. The first-order valence-electron chi connectivity index (χ1n) is 18.1. The van der Waals surface area contributed by atoms with E-state index in [-0.39, 0.29) is 37.8 Å². The maximum absolute atomic E-state index is 13.2. The highest BCUT2D eigenvalue weighted by Crippen LogP contribution is 2.26. The number of aliphatic hydroxyl groups excluding tert-OH is 1. The lowest BCUT2D eigenvalue weighted by molar-refractivity contribution is -0.143. The standard InChI is InChI=1S/C39H60N4O9/c1-6-8-15-30(7-2)37(47)41-27-29-14-13-16-32(25-29)52-19-12-10-9-11-18-49-21-23-51-24-22-50-20-17-34(45)42-35(39(3,4)5)38(48)43-28-31(44)26-33(43)36(40)46/h6-8,13-16,25,31,33,35,44H,1,9-12,17-24,26-28H2,2-5H3,(H2,40,46)(H,41,47)(H,42,45)/b15-8-,30-7+. The molecule has 0 bridgehead atoms. The molecule has 13 nitrogen and oxygen atoms in total. The van der Waals surface area contributed by atoms with E-state index in [0.29, 0.717) is 51.8 Å². The molecule has 1 aromatic rings. The number of likely N-dealkylation sites (tertiary alicyclic amines) is 1. The Morgan fingerprint density at radius 2 is 1.65 bits per heavy atom. The second-order valence-electron chi connectivity index (χ2n) is 13.7. The lowest BCUT2D eigenvalue weighted by atomic mass is 9.85. The number of nitrogens with zero attached hydrogens (tertiary/aromatic N) is 1. The number of ether oxygens (including phenoxy) is 4. The smallest absolute Gasteiger partial charge is 0.251 e. The Bertz CT molecular complexity index is 1340. The molecule has 13 heteroatoms. The first-order valence-corrected chi connectivity index (χ1v) is 18.1. The summed E-state index contributed by atoms with van der Waals surface area (Å²) in [6.45, 7) is 14.3. The average Bonchev–Trinajstić information content (AvgIpc) is 3.51. The summed E-state index contributed by atoms with van der Waals surface area (Å²) in [6.07, 6.45) is 10.1. The first-order chi connectivity index (χ1) is 24.9. The molecule has 3 unspecified atom stereocenters. The van der Waals surface area contributed by atoms with Crippen molar-refractivity contribution in [3.05, 3.63) is 66.3 Å². The van der Waals surface area contributed by atoms with E-state index < -0.39 is 35.4 Å². The summed E-state index contributed by atoms with van der Waals surface area (Å²) in [7, 11) is 0. The van der Waals surface area contributed by atoms with Crippen LogP contribution in [0, 0.1) is 5.41 Å². The van der Waals surface area contributed by atoms with Gasteiger partial charge in [0.25, 0.3) is 5.91 Å². The quantitative estimate of drug-likeness (QED) is 0.0668. The van der Waals surface area contributed by atoms with E-state index in [0.717, 1.165) is 37.0 Å². The van der Waals surface area contributed by atoms with Gasteiger partial charge in [-0.1, -0.05) is 64.1 Å². The van der Waals surface area contributed by atoms with Gasteiger partial charge in [0.2, 0.25) is 17.7 Å². The molecule has 1 aliphatic heterocycles. The van der Waals surface area contributed by atoms with Gasteiger partial charge in [-0.05, 0) is 55.4 Å². The van der Waals surface area contributed by atoms with Crippen LogP contribution in [-0.2, 0) is 39.9 Å². The number of primary amides is 1. The van der Waals surface area contributed by atoms with Gasteiger partial charge in [0.1, 0.15) is 17.8 Å². The van der Waals surface area contributed by atoms with Crippen LogP contribution in [0.4, 0.5) is 0 Å². The molecule has 1 fully saturated rings. The molecule has 5 N–H and O–H groups in total. The zero-order valence-electron chi connectivity index (χ0n) is 31.4. The van der Waals surface area contributed by atoms with Gasteiger partial charge in [-0.3, -0.25) is 19.2 Å². The molecule has 3 atom stereocenters. The third kappa shape index (κ3) is 17.0. The Morgan fingerprint density at radius 3 is 2.29 bits per heavy atom. The molecule has 4 amide bonds. The minimum atomic E-state index is -0.899. The van der Waals surface area contributed by atoms with Crippen LogP contribution in [0.3, 0.4) is 0 Å². The highest BCUT2D eigenvalue weighted by atomic mass is 16.5. The highest BCUT2D eigenvalue weighted by molar-refractivity contribution is 5.96. The van der Waals surface area contributed by atoms with Crippen molar-refractivity contribution >= 4 is 23.6 Å². The fraction of sp³-hybridized carbons (Fsp3) is 0.590. The molecule has 1 aliphatic rings. The van der Waals surface area contributed by atoms with Crippen LogP contribution < -0.4 is 21.1 Å². The summed E-state index contributed by atoms with van der Waals surface area (Å²) in [5, 5.41) is 15.7. The third-order valence-corrected chi connectivity index (χ3v) is 8.31. The van der Waals surface area contributed by atoms with Crippen molar-refractivity contribution < 1.29 is 43.2 Å². The number of nitrogens with one attached hydrogen (secondary N) is 2. The number of amides is 4. The molecule has 0 radical (unpaired) electrons. The summed E-state index contributed by atoms with van der Waals surface area (Å²) in [4.78, 5) is 51.3. The minimum absolute atomic E-state index is 0.00342. The van der Waals surface area contributed by atoms with Crippen LogP contribution in [0.2, 0.25) is 0 Å². The van der Waals surface area contributed by atoms with E-state index in [1.807, 2.05) is 52.0 Å². The van der Waals surface area contributed by atoms with E-state index in [4.69, 9.17) is 24.7 Å². The molecule has 52 heavy (non-hydrogen) atoms. The summed E-state index contributed by atoms with van der Waals surface area (Å²) >= 11 is 0. The number of aliphatic hydroxyl groups is 1. The normalized spacial score (nSPS) is 16.9. The molecular weight excluding hydrogens is 668 g/mol. The van der Waals surface area contributed by atoms with Crippen molar-refractivity contribution in [3.8, 4) is 5.75 Å². The Hall–Kier alpha value is -4.04. The number of rotatable bonds is 25. The average molecular weight is 729 g/mol. The summed E-state index contributed by atoms with van der Waals surface area (Å²) < 4.78 is 22.6. The minimum Gasteiger partial charge on any atom is -0.494 e. The van der Waals surface area contributed by atoms with Crippen LogP contribution in [0.25, 0.3) is 0 Å². The van der Waals surface area contributed by atoms with Crippen LogP contribution in [-0.4, -0.2) is 105 Å². The zero-order chi connectivity index (χ0) is 38.4. The topological polar surface area (TPSA) is 179 Å². The maximum Gasteiger partial charge on any atom is 0.251 e. The monoisotopic (exact) mass is 728 g/mol. The highest BCUT2D eigenvalue weighted by Gasteiger charge is 2.43. The summed E-state index contributed by atoms with van der Waals surface area (Å²) in [5.41, 5.74) is 6.35. The van der Waals surface area contributed by atoms with Gasteiger partial charge < -0.3 is 45.3 Å². The number of benzene rings is 1. The molecule has 0 saturated carbocycles. The number of nitrogens with two attached hydrogens (primary N) is 1. The Morgan fingerprint density at radius 1 is 1.00 bits per heavy atom. The first kappa shape index (κ1) is 44.1. The van der Waals surface area contributed by atoms with E-state index in [1.165, 1.54) is 4.90 Å². The van der Waals surface area contributed by atoms with Gasteiger partial charge in [-0.25, -0.2) is 0 Å². The Kier molecular flexibility index (Phi) is 20.6. The largest absolute Gasteiger partial charge is 0.494 e. The number of carbonyl (C=O) groups is 4. The van der Waals surface area contributed by atoms with Gasteiger partial charge in [0.15, 0.2) is 0 Å². The maximum atomic E-state index is 13.2. The Labute approximate surface area is 308 Å². The molecule has 0 aromatic heterocycles. The van der Waals surface area contributed by atoms with Crippen molar-refractivity contribution in [3.63, 3.8) is 0 Å². The van der Waals surface area contributed by atoms with Crippen LogP contribution in [0.1, 0.15) is 71.8 Å². The van der Waals surface area contributed by atoms with E-state index in [1.54, 1.807) is 24.3 Å². The zero-order valence-corrected chi connectivity index (χ0v) is 31.4. The second kappa shape index (κ2) is 24.2. The number of β-amino-alcohol motifs (C(OH)–C–C–N with tert-alkyl or cyclic N) is 1. The number of allylic oxidation sites excluding steroid dienone is 3. The fourth-order valence-electron chi connectivity index (χ4n) is 5.44. The predicted molar refractivity (Wildman–Crippen MR) is 199 cm³/mol. The van der Waals surface area contributed by atoms with Gasteiger partial charge in [0, 0.05) is 38.1 Å². The predicted octanol–water partition coefficient (Wildman–Crippen LogP) is 3.35. The lowest BCUT2D eigenvalue weighted by Crippen LogP contribution is -2.57. The molecule has 0 spiro atoms. The summed E-state index contributed by atoms with van der Waals surface area (Å²) in [6, 6.07) is 5.94. The SMILES string of the molecule is C=C/C=C\C(=C/C)C(=O)NCc1cccc(OCCCCCCOCCOCCOCCC(=O)NC(C(=O)N2CC(O)CC2C(N)=O)C(C)(C)C)c1. The van der Waals surface area contributed by atoms with Crippen LogP contribution in [0.5, 0.6) is 5.75 Å². The number of hydrogen-bond acceptors (Lipinski definition) is 9. The lowest BCUT2D eigenvalue weighted by Gasteiger charge is -2.35. The van der Waals surface area contributed by atoms with Gasteiger partial charge in [-0.15, -0.1) is 0 Å². The fourth-order valence-corrected chi connectivity index (χ4v) is 5.44. The van der Waals surface area contributed by atoms with Crippen LogP contribution in [0.15, 0.2) is 60.7 Å². The van der Waals surface area contributed by atoms with E-state index >= 15 is 0 Å². The van der Waals surface area contributed by atoms with Crippen molar-refractivity contribution in [1.82, 2.24) is 15.5 Å². The van der Waals surface area contributed by atoms with Crippen molar-refractivity contribution in [2.75, 3.05) is 52.8 Å². The molecule has 290 valence electrons.